The fraction of sp³-hybridized carbons (Fsp3) is 0.722. The van der Waals surface area contributed by atoms with Crippen molar-refractivity contribution in [3.05, 3.63) is 41.7 Å². The molecular weight excluding hydrogens is 636 g/mol. The van der Waals surface area contributed by atoms with Crippen molar-refractivity contribution in [3.8, 4) is 18.1 Å². The van der Waals surface area contributed by atoms with Crippen molar-refractivity contribution in [3.63, 3.8) is 0 Å². The predicted molar refractivity (Wildman–Crippen MR) is 182 cm³/mol. The smallest absolute Gasteiger partial charge is 0.199 e. The van der Waals surface area contributed by atoms with Crippen molar-refractivity contribution < 1.29 is 28.1 Å². The molecule has 2 unspecified atom stereocenters. The average Bonchev–Trinajstić information content (AvgIpc) is 3.32. The molecule has 1 aromatic carbocycles. The SMILES string of the molecule is C#C[C@H](Br)C[C@@H]1[C@@H](/C(C)=C(\CCOc2ccccc2)OC2CCCCO2)[C@@H](OC2CCCCO2)C[C@@H]1O[Si](C)(C)C(C)(C)C. The van der Waals surface area contributed by atoms with Crippen LogP contribution in [-0.4, -0.2) is 57.8 Å². The number of para-hydroxylation sites is 1. The molecule has 0 aromatic heterocycles. The van der Waals surface area contributed by atoms with Crippen LogP contribution in [0.1, 0.15) is 85.5 Å². The molecule has 8 heteroatoms. The van der Waals surface area contributed by atoms with Crippen molar-refractivity contribution in [1.29, 1.82) is 0 Å². The highest BCUT2D eigenvalue weighted by Gasteiger charge is 2.51. The predicted octanol–water partition coefficient (Wildman–Crippen LogP) is 9.00. The first-order valence-electron chi connectivity index (χ1n) is 16.7. The van der Waals surface area contributed by atoms with Gasteiger partial charge in [0.1, 0.15) is 11.5 Å². The van der Waals surface area contributed by atoms with Crippen molar-refractivity contribution in [2.75, 3.05) is 19.8 Å². The van der Waals surface area contributed by atoms with Crippen LogP contribution in [0.3, 0.4) is 0 Å². The van der Waals surface area contributed by atoms with Crippen LogP contribution in [-0.2, 0) is 23.4 Å². The molecular formula is C36H55BrO6Si. The highest BCUT2D eigenvalue weighted by atomic mass is 79.9. The molecule has 3 fully saturated rings. The van der Waals surface area contributed by atoms with Gasteiger partial charge in [-0.2, -0.15) is 0 Å². The van der Waals surface area contributed by atoms with Gasteiger partial charge in [0.15, 0.2) is 20.9 Å². The fourth-order valence-corrected chi connectivity index (χ4v) is 8.20. The molecule has 44 heavy (non-hydrogen) atoms. The third kappa shape index (κ3) is 9.83. The molecule has 2 heterocycles. The van der Waals surface area contributed by atoms with E-state index in [0.717, 1.165) is 76.1 Å². The molecule has 3 aliphatic rings. The Morgan fingerprint density at radius 1 is 1.02 bits per heavy atom. The summed E-state index contributed by atoms with van der Waals surface area (Å²) in [4.78, 5) is -0.0644. The summed E-state index contributed by atoms with van der Waals surface area (Å²) in [6.45, 7) is 15.8. The maximum absolute atomic E-state index is 7.21. The molecule has 7 atom stereocenters. The third-order valence-corrected chi connectivity index (χ3v) is 15.0. The second-order valence-electron chi connectivity index (χ2n) is 14.1. The number of hydrogen-bond acceptors (Lipinski definition) is 6. The molecule has 246 valence electrons. The number of alkyl halides is 1. The van der Waals surface area contributed by atoms with Crippen LogP contribution in [0.2, 0.25) is 18.1 Å². The van der Waals surface area contributed by atoms with E-state index in [9.17, 15) is 0 Å². The molecule has 0 bridgehead atoms. The van der Waals surface area contributed by atoms with E-state index in [-0.39, 0.29) is 46.5 Å². The molecule has 2 aliphatic heterocycles. The summed E-state index contributed by atoms with van der Waals surface area (Å²) in [6.07, 6.45) is 13.9. The van der Waals surface area contributed by atoms with Gasteiger partial charge in [-0.05, 0) is 93.6 Å². The van der Waals surface area contributed by atoms with Gasteiger partial charge in [0.25, 0.3) is 0 Å². The van der Waals surface area contributed by atoms with Crippen LogP contribution < -0.4 is 4.74 Å². The zero-order valence-corrected chi connectivity index (χ0v) is 30.4. The van der Waals surface area contributed by atoms with Gasteiger partial charge in [0.2, 0.25) is 0 Å². The maximum Gasteiger partial charge on any atom is 0.199 e. The topological polar surface area (TPSA) is 55.4 Å². The number of rotatable bonds is 13. The minimum atomic E-state index is -2.08. The quantitative estimate of drug-likeness (QED) is 0.0891. The summed E-state index contributed by atoms with van der Waals surface area (Å²) >= 11 is 3.78. The van der Waals surface area contributed by atoms with Gasteiger partial charge in [0, 0.05) is 25.4 Å². The van der Waals surface area contributed by atoms with Gasteiger partial charge < -0.3 is 28.1 Å². The minimum Gasteiger partial charge on any atom is -0.493 e. The molecule has 6 nitrogen and oxygen atoms in total. The lowest BCUT2D eigenvalue weighted by atomic mass is 9.83. The van der Waals surface area contributed by atoms with E-state index < -0.39 is 8.32 Å². The second-order valence-corrected chi connectivity index (χ2v) is 20.0. The van der Waals surface area contributed by atoms with Crippen LogP contribution in [0.25, 0.3) is 0 Å². The maximum atomic E-state index is 7.21. The molecule has 4 rings (SSSR count). The standard InChI is InChI=1S/C36H55BrO6Si/c1-8-27(37)24-29-31(43-44(6,7)36(3,4)5)25-32(42-34-19-13-15-22-40-34)35(29)26(2)30(41-33-18-12-14-21-39-33)20-23-38-28-16-10-9-11-17-28/h1,9-11,16-17,27,29,31-35H,12-15,18-25H2,2-7H3/b30-26+/t27-,29-,31-,32-,33?,34?,35+/m0/s1. The monoisotopic (exact) mass is 690 g/mol. The number of ether oxygens (including phenoxy) is 5. The molecule has 0 spiro atoms. The van der Waals surface area contributed by atoms with Crippen molar-refractivity contribution in [1.82, 2.24) is 0 Å². The van der Waals surface area contributed by atoms with Crippen molar-refractivity contribution >= 4 is 24.2 Å². The summed E-state index contributed by atoms with van der Waals surface area (Å²) in [5.41, 5.74) is 1.18. The fourth-order valence-electron chi connectivity index (χ4n) is 6.38. The number of benzene rings is 1. The molecule has 0 N–H and O–H groups in total. The van der Waals surface area contributed by atoms with Crippen LogP contribution in [0, 0.1) is 24.2 Å². The van der Waals surface area contributed by atoms with E-state index in [1.54, 1.807) is 0 Å². The minimum absolute atomic E-state index is 0.0191. The number of terminal acetylenes is 1. The van der Waals surface area contributed by atoms with E-state index in [4.69, 9.17) is 34.5 Å². The van der Waals surface area contributed by atoms with Gasteiger partial charge in [-0.15, -0.1) is 6.42 Å². The summed E-state index contributed by atoms with van der Waals surface area (Å²) in [6, 6.07) is 9.96. The molecule has 1 saturated carbocycles. The number of hydrogen-bond donors (Lipinski definition) is 0. The van der Waals surface area contributed by atoms with E-state index in [0.29, 0.717) is 13.0 Å². The zero-order chi connectivity index (χ0) is 31.7. The number of halogens is 1. The molecule has 2 saturated heterocycles. The Morgan fingerprint density at radius 3 is 2.27 bits per heavy atom. The average molecular weight is 692 g/mol. The van der Waals surface area contributed by atoms with E-state index in [1.807, 2.05) is 30.3 Å². The van der Waals surface area contributed by atoms with Crippen LogP contribution in [0.4, 0.5) is 0 Å². The Balaban J connectivity index is 1.69. The lowest BCUT2D eigenvalue weighted by Crippen LogP contribution is -2.45. The zero-order valence-electron chi connectivity index (χ0n) is 27.8. The Morgan fingerprint density at radius 2 is 1.68 bits per heavy atom. The molecule has 0 radical (unpaired) electrons. The van der Waals surface area contributed by atoms with E-state index in [1.165, 1.54) is 5.57 Å². The van der Waals surface area contributed by atoms with Crippen LogP contribution in [0.5, 0.6) is 5.75 Å². The first-order valence-corrected chi connectivity index (χ1v) is 20.5. The van der Waals surface area contributed by atoms with Gasteiger partial charge in [-0.1, -0.05) is 60.8 Å². The van der Waals surface area contributed by atoms with Crippen molar-refractivity contribution in [2.24, 2.45) is 11.8 Å². The normalized spacial score (nSPS) is 29.4. The summed E-state index contributed by atoms with van der Waals surface area (Å²) in [7, 11) is -2.08. The Hall–Kier alpha value is -1.34. The van der Waals surface area contributed by atoms with Gasteiger partial charge in [-0.3, -0.25) is 0 Å². The second kappa shape index (κ2) is 16.5. The van der Waals surface area contributed by atoms with Gasteiger partial charge in [-0.25, -0.2) is 0 Å². The van der Waals surface area contributed by atoms with Crippen LogP contribution in [0.15, 0.2) is 41.7 Å². The summed E-state index contributed by atoms with van der Waals surface area (Å²) < 4.78 is 39.1. The first-order chi connectivity index (χ1) is 21.0. The summed E-state index contributed by atoms with van der Waals surface area (Å²) in [5.74, 6) is 4.92. The third-order valence-electron chi connectivity index (χ3n) is 9.87. The Labute approximate surface area is 276 Å². The highest BCUT2D eigenvalue weighted by Crippen LogP contribution is 2.49. The van der Waals surface area contributed by atoms with E-state index >= 15 is 0 Å². The highest BCUT2D eigenvalue weighted by molar-refractivity contribution is 9.09. The van der Waals surface area contributed by atoms with Gasteiger partial charge >= 0.3 is 0 Å². The molecule has 1 aromatic rings. The Kier molecular flexibility index (Phi) is 13.3. The van der Waals surface area contributed by atoms with Crippen LogP contribution >= 0.6 is 15.9 Å². The molecule has 0 amide bonds. The lowest BCUT2D eigenvalue weighted by Gasteiger charge is -2.40. The largest absolute Gasteiger partial charge is 0.493 e. The van der Waals surface area contributed by atoms with Gasteiger partial charge in [0.05, 0.1) is 30.2 Å². The molecule has 1 aliphatic carbocycles. The van der Waals surface area contributed by atoms with Crippen molar-refractivity contribution in [2.45, 2.75) is 133 Å². The van der Waals surface area contributed by atoms with E-state index in [2.05, 4.69) is 62.6 Å². The summed E-state index contributed by atoms with van der Waals surface area (Å²) in [5, 5.41) is 0.0879. The Bertz CT molecular complexity index is 1080. The first kappa shape index (κ1) is 35.5. The lowest BCUT2D eigenvalue weighted by molar-refractivity contribution is -0.194.